The van der Waals surface area contributed by atoms with Gasteiger partial charge in [0, 0.05) is 0 Å². The first-order chi connectivity index (χ1) is 12.8. The van der Waals surface area contributed by atoms with E-state index in [2.05, 4.69) is 10.4 Å². The zero-order valence-corrected chi connectivity index (χ0v) is 13.9. The molecule has 1 N–H and O–H groups in total. The van der Waals surface area contributed by atoms with E-state index in [1.807, 2.05) is 0 Å². The van der Waals surface area contributed by atoms with Crippen molar-refractivity contribution in [1.82, 2.24) is 9.78 Å². The van der Waals surface area contributed by atoms with Crippen LogP contribution in [-0.4, -0.2) is 22.8 Å². The van der Waals surface area contributed by atoms with Gasteiger partial charge in [-0.3, -0.25) is 4.79 Å². The summed E-state index contributed by atoms with van der Waals surface area (Å²) in [6.45, 7) is 0. The molecule has 1 aromatic heterocycles. The number of nitrogens with one attached hydrogen (secondary N) is 1. The Hall–Kier alpha value is -3.36. The van der Waals surface area contributed by atoms with Crippen LogP contribution in [0.25, 0.3) is 5.69 Å². The van der Waals surface area contributed by atoms with E-state index in [4.69, 9.17) is 4.74 Å². The van der Waals surface area contributed by atoms with E-state index in [1.54, 1.807) is 18.2 Å². The highest BCUT2D eigenvalue weighted by Gasteiger charge is 2.40. The summed E-state index contributed by atoms with van der Waals surface area (Å²) >= 11 is 0. The van der Waals surface area contributed by atoms with Crippen LogP contribution in [0.15, 0.2) is 54.7 Å². The van der Waals surface area contributed by atoms with Gasteiger partial charge in [0.25, 0.3) is 5.91 Å². The number of hydrogen-bond donors (Lipinski definition) is 1. The van der Waals surface area contributed by atoms with Gasteiger partial charge in [0.15, 0.2) is 5.69 Å². The van der Waals surface area contributed by atoms with Gasteiger partial charge in [0.2, 0.25) is 0 Å². The van der Waals surface area contributed by atoms with E-state index in [1.165, 1.54) is 13.2 Å². The maximum Gasteiger partial charge on any atom is 0.434 e. The molecule has 0 saturated heterocycles. The van der Waals surface area contributed by atoms with Crippen molar-refractivity contribution in [1.29, 1.82) is 0 Å². The first-order valence-electron chi connectivity index (χ1n) is 7.67. The first kappa shape index (κ1) is 18.4. The number of hydrogen-bond acceptors (Lipinski definition) is 3. The molecule has 0 aliphatic rings. The SMILES string of the molecule is COc1ccccc1NC(=O)c1cnn(-c2ccc(F)cc2)c1C(F)(F)F. The van der Waals surface area contributed by atoms with Gasteiger partial charge < -0.3 is 10.1 Å². The molecule has 0 aliphatic carbocycles. The Balaban J connectivity index is 2.03. The minimum absolute atomic E-state index is 0.0277. The van der Waals surface area contributed by atoms with Crippen molar-refractivity contribution in [2.75, 3.05) is 12.4 Å². The van der Waals surface area contributed by atoms with Crippen LogP contribution in [0, 0.1) is 5.82 Å². The number of benzene rings is 2. The lowest BCUT2D eigenvalue weighted by Crippen LogP contribution is -2.21. The maximum absolute atomic E-state index is 13.6. The highest BCUT2D eigenvalue weighted by atomic mass is 19.4. The van der Waals surface area contributed by atoms with E-state index in [-0.39, 0.29) is 11.4 Å². The van der Waals surface area contributed by atoms with Crippen LogP contribution >= 0.6 is 0 Å². The lowest BCUT2D eigenvalue weighted by molar-refractivity contribution is -0.143. The molecule has 5 nitrogen and oxygen atoms in total. The maximum atomic E-state index is 13.6. The molecule has 1 amide bonds. The zero-order chi connectivity index (χ0) is 19.6. The molecule has 9 heteroatoms. The molecule has 1 heterocycles. The van der Waals surface area contributed by atoms with Gasteiger partial charge in [-0.25, -0.2) is 9.07 Å². The predicted molar refractivity (Wildman–Crippen MR) is 89.5 cm³/mol. The highest BCUT2D eigenvalue weighted by molar-refractivity contribution is 6.05. The number of halogens is 4. The molecule has 0 unspecified atom stereocenters. The van der Waals surface area contributed by atoms with Crippen LogP contribution in [0.4, 0.5) is 23.2 Å². The van der Waals surface area contributed by atoms with Crippen molar-refractivity contribution in [2.24, 2.45) is 0 Å². The van der Waals surface area contributed by atoms with E-state index in [0.29, 0.717) is 10.4 Å². The number of ether oxygens (including phenoxy) is 1. The lowest BCUT2D eigenvalue weighted by Gasteiger charge is -2.13. The van der Waals surface area contributed by atoms with E-state index < -0.39 is 29.2 Å². The molecule has 3 rings (SSSR count). The van der Waals surface area contributed by atoms with Gasteiger partial charge in [0.05, 0.1) is 30.2 Å². The molecule has 0 radical (unpaired) electrons. The molecule has 0 bridgehead atoms. The Morgan fingerprint density at radius 2 is 1.78 bits per heavy atom. The van der Waals surface area contributed by atoms with Crippen molar-refractivity contribution in [3.8, 4) is 11.4 Å². The standard InChI is InChI=1S/C18H13F4N3O2/c1-27-15-5-3-2-4-14(15)24-17(26)13-10-23-25(16(13)18(20,21)22)12-8-6-11(19)7-9-12/h2-10H,1H3,(H,24,26). The van der Waals surface area contributed by atoms with Gasteiger partial charge >= 0.3 is 6.18 Å². The molecule has 0 spiro atoms. The second kappa shape index (κ2) is 7.10. The third-order valence-corrected chi connectivity index (χ3v) is 3.71. The van der Waals surface area contributed by atoms with Gasteiger partial charge in [-0.2, -0.15) is 18.3 Å². The summed E-state index contributed by atoms with van der Waals surface area (Å²) in [7, 11) is 1.37. The fourth-order valence-corrected chi connectivity index (χ4v) is 2.50. The van der Waals surface area contributed by atoms with Gasteiger partial charge in [-0.05, 0) is 36.4 Å². The molecule has 3 aromatic rings. The minimum Gasteiger partial charge on any atom is -0.495 e. The summed E-state index contributed by atoms with van der Waals surface area (Å²) in [5.74, 6) is -1.31. The van der Waals surface area contributed by atoms with Crippen molar-refractivity contribution >= 4 is 11.6 Å². The number of para-hydroxylation sites is 2. The number of amides is 1. The molecule has 0 atom stereocenters. The van der Waals surface area contributed by atoms with E-state index in [0.717, 1.165) is 30.5 Å². The van der Waals surface area contributed by atoms with E-state index in [9.17, 15) is 22.4 Å². The first-order valence-corrected chi connectivity index (χ1v) is 7.67. The Morgan fingerprint density at radius 1 is 1.11 bits per heavy atom. The van der Waals surface area contributed by atoms with Crippen LogP contribution in [0.1, 0.15) is 16.1 Å². The van der Waals surface area contributed by atoms with Gasteiger partial charge in [-0.15, -0.1) is 0 Å². The molecule has 0 fully saturated rings. The predicted octanol–water partition coefficient (Wildman–Crippen LogP) is 4.29. The van der Waals surface area contributed by atoms with Crippen molar-refractivity contribution in [3.63, 3.8) is 0 Å². The largest absolute Gasteiger partial charge is 0.495 e. The normalized spacial score (nSPS) is 11.3. The Morgan fingerprint density at radius 3 is 2.41 bits per heavy atom. The van der Waals surface area contributed by atoms with Gasteiger partial charge in [0.1, 0.15) is 11.6 Å². The van der Waals surface area contributed by atoms with Crippen LogP contribution in [0.2, 0.25) is 0 Å². The quantitative estimate of drug-likeness (QED) is 0.688. The Bertz CT molecular complexity index is 965. The van der Waals surface area contributed by atoms with Crippen molar-refractivity contribution < 1.29 is 27.1 Å². The minimum atomic E-state index is -4.86. The number of aromatic nitrogens is 2. The highest BCUT2D eigenvalue weighted by Crippen LogP contribution is 2.34. The molecule has 0 aliphatic heterocycles. The summed E-state index contributed by atoms with van der Waals surface area (Å²) in [4.78, 5) is 12.5. The van der Waals surface area contributed by atoms with Crippen LogP contribution < -0.4 is 10.1 Å². The molecular formula is C18H13F4N3O2. The van der Waals surface area contributed by atoms with E-state index >= 15 is 0 Å². The average Bonchev–Trinajstić information content (AvgIpc) is 3.08. The molecule has 140 valence electrons. The number of anilines is 1. The summed E-state index contributed by atoms with van der Waals surface area (Å²) in [6.07, 6.45) is -4.05. The number of alkyl halides is 3. The number of methoxy groups -OCH3 is 1. The second-order valence-electron chi connectivity index (χ2n) is 5.45. The molecular weight excluding hydrogens is 366 g/mol. The fraction of sp³-hybridized carbons (Fsp3) is 0.111. The van der Waals surface area contributed by atoms with Crippen LogP contribution in [-0.2, 0) is 6.18 Å². The number of nitrogens with zero attached hydrogens (tertiary/aromatic N) is 2. The van der Waals surface area contributed by atoms with Gasteiger partial charge in [-0.1, -0.05) is 12.1 Å². The summed E-state index contributed by atoms with van der Waals surface area (Å²) in [5, 5.41) is 6.06. The molecule has 27 heavy (non-hydrogen) atoms. The average molecular weight is 379 g/mol. The molecule has 0 saturated carbocycles. The van der Waals surface area contributed by atoms with Crippen LogP contribution in [0.5, 0.6) is 5.75 Å². The van der Waals surface area contributed by atoms with Crippen molar-refractivity contribution in [2.45, 2.75) is 6.18 Å². The number of carbonyl (C=O) groups is 1. The third kappa shape index (κ3) is 3.76. The molecule has 2 aromatic carbocycles. The number of rotatable bonds is 4. The Kier molecular flexibility index (Phi) is 4.85. The summed E-state index contributed by atoms with van der Waals surface area (Å²) < 4.78 is 59.5. The smallest absolute Gasteiger partial charge is 0.434 e. The number of carbonyl (C=O) groups excluding carboxylic acids is 1. The fourth-order valence-electron chi connectivity index (χ4n) is 2.50. The summed E-state index contributed by atoms with van der Waals surface area (Å²) in [6, 6.07) is 10.6. The lowest BCUT2D eigenvalue weighted by atomic mass is 10.2. The topological polar surface area (TPSA) is 56.1 Å². The third-order valence-electron chi connectivity index (χ3n) is 3.71. The zero-order valence-electron chi connectivity index (χ0n) is 13.9. The summed E-state index contributed by atoms with van der Waals surface area (Å²) in [5.41, 5.74) is -1.74. The Labute approximate surface area is 151 Å². The second-order valence-corrected chi connectivity index (χ2v) is 5.45. The van der Waals surface area contributed by atoms with Crippen LogP contribution in [0.3, 0.4) is 0 Å². The van der Waals surface area contributed by atoms with Crippen molar-refractivity contribution in [3.05, 3.63) is 71.8 Å². The monoisotopic (exact) mass is 379 g/mol.